The average Bonchev–Trinajstić information content (AvgIpc) is 2.85. The molecule has 1 rings (SSSR count). The second kappa shape index (κ2) is 16.7. The maximum absolute atomic E-state index is 13.2. The Balaban J connectivity index is 3.12. The second-order valence-electron chi connectivity index (χ2n) is 8.78. The van der Waals surface area contributed by atoms with Gasteiger partial charge in [0.15, 0.2) is 0 Å². The number of amides is 5. The van der Waals surface area contributed by atoms with Gasteiger partial charge in [0.2, 0.25) is 29.5 Å². The molecule has 0 saturated heterocycles. The van der Waals surface area contributed by atoms with Crippen LogP contribution in [0.15, 0.2) is 30.3 Å². The highest BCUT2D eigenvalue weighted by atomic mass is 16.4. The van der Waals surface area contributed by atoms with E-state index in [1.54, 1.807) is 30.3 Å². The van der Waals surface area contributed by atoms with Crippen LogP contribution in [-0.2, 0) is 35.2 Å². The highest BCUT2D eigenvalue weighted by molar-refractivity contribution is 5.95. The zero-order valence-corrected chi connectivity index (χ0v) is 21.1. The van der Waals surface area contributed by atoms with E-state index in [1.165, 1.54) is 0 Å². The SMILES string of the molecule is NCCCCC(NC(=O)C(Cc1ccccc1)NC(=O)C(CCC(N)=O)NC(=O)C(N)CC(N)=O)C(=O)O. The van der Waals surface area contributed by atoms with Crippen molar-refractivity contribution in [1.29, 1.82) is 0 Å². The van der Waals surface area contributed by atoms with Crippen molar-refractivity contribution in [3.63, 3.8) is 0 Å². The van der Waals surface area contributed by atoms with Gasteiger partial charge in [0.05, 0.1) is 12.5 Å². The Hall–Kier alpha value is -4.04. The molecule has 4 unspecified atom stereocenters. The van der Waals surface area contributed by atoms with E-state index in [9.17, 15) is 33.9 Å². The van der Waals surface area contributed by atoms with Crippen molar-refractivity contribution in [2.24, 2.45) is 22.9 Å². The summed E-state index contributed by atoms with van der Waals surface area (Å²) in [6.07, 6.45) is 0.216. The van der Waals surface area contributed by atoms with Crippen molar-refractivity contribution in [2.45, 2.75) is 69.1 Å². The summed E-state index contributed by atoms with van der Waals surface area (Å²) in [5, 5.41) is 16.8. The normalized spacial score (nSPS) is 13.8. The maximum Gasteiger partial charge on any atom is 0.326 e. The summed E-state index contributed by atoms with van der Waals surface area (Å²) in [4.78, 5) is 72.8. The van der Waals surface area contributed by atoms with Crippen LogP contribution in [0.5, 0.6) is 0 Å². The fourth-order valence-corrected chi connectivity index (χ4v) is 3.50. The Morgan fingerprint density at radius 1 is 0.763 bits per heavy atom. The maximum atomic E-state index is 13.2. The number of benzene rings is 1. The van der Waals surface area contributed by atoms with Gasteiger partial charge < -0.3 is 44.0 Å². The van der Waals surface area contributed by atoms with Crippen LogP contribution in [0.3, 0.4) is 0 Å². The van der Waals surface area contributed by atoms with Crippen molar-refractivity contribution >= 4 is 35.5 Å². The van der Waals surface area contributed by atoms with Crippen LogP contribution in [0.2, 0.25) is 0 Å². The van der Waals surface area contributed by atoms with Crippen molar-refractivity contribution in [2.75, 3.05) is 6.54 Å². The molecule has 210 valence electrons. The lowest BCUT2D eigenvalue weighted by Crippen LogP contribution is -2.58. The molecule has 0 aliphatic heterocycles. The van der Waals surface area contributed by atoms with Gasteiger partial charge in [0.25, 0.3) is 0 Å². The Labute approximate surface area is 220 Å². The fraction of sp³-hybridized carbons (Fsp3) is 0.500. The quantitative estimate of drug-likeness (QED) is 0.0912. The summed E-state index contributed by atoms with van der Waals surface area (Å²) in [7, 11) is 0. The van der Waals surface area contributed by atoms with Gasteiger partial charge in [0, 0.05) is 12.8 Å². The van der Waals surface area contributed by atoms with Gasteiger partial charge >= 0.3 is 5.97 Å². The van der Waals surface area contributed by atoms with E-state index in [4.69, 9.17) is 22.9 Å². The molecule has 14 heteroatoms. The number of hydrogen-bond acceptors (Lipinski definition) is 8. The minimum atomic E-state index is -1.34. The summed E-state index contributed by atoms with van der Waals surface area (Å²) in [5.74, 6) is -5.27. The van der Waals surface area contributed by atoms with E-state index in [-0.39, 0.29) is 25.7 Å². The Bertz CT molecular complexity index is 974. The van der Waals surface area contributed by atoms with Gasteiger partial charge in [-0.15, -0.1) is 0 Å². The summed E-state index contributed by atoms with van der Waals surface area (Å²) in [6.45, 7) is 0.370. The minimum Gasteiger partial charge on any atom is -0.480 e. The molecular formula is C24H37N7O7. The molecule has 0 saturated carbocycles. The number of hydrogen-bond donors (Lipinski definition) is 8. The molecule has 0 bridgehead atoms. The molecule has 1 aromatic rings. The summed E-state index contributed by atoms with van der Waals surface area (Å²) >= 11 is 0. The third-order valence-electron chi connectivity index (χ3n) is 5.55. The summed E-state index contributed by atoms with van der Waals surface area (Å²) < 4.78 is 0. The van der Waals surface area contributed by atoms with Gasteiger partial charge in [-0.05, 0) is 37.8 Å². The second-order valence-corrected chi connectivity index (χ2v) is 8.78. The van der Waals surface area contributed by atoms with E-state index in [1.807, 2.05) is 0 Å². The van der Waals surface area contributed by atoms with E-state index >= 15 is 0 Å². The Morgan fingerprint density at radius 3 is 1.89 bits per heavy atom. The minimum absolute atomic E-state index is 0.00519. The first-order valence-corrected chi connectivity index (χ1v) is 12.1. The third-order valence-corrected chi connectivity index (χ3v) is 5.55. The smallest absolute Gasteiger partial charge is 0.326 e. The lowest BCUT2D eigenvalue weighted by Gasteiger charge is -2.25. The number of carbonyl (C=O) groups excluding carboxylic acids is 5. The molecule has 0 heterocycles. The number of nitrogens with two attached hydrogens (primary N) is 4. The number of carboxylic acids is 1. The molecule has 0 aliphatic carbocycles. The van der Waals surface area contributed by atoms with E-state index in [2.05, 4.69) is 16.0 Å². The number of nitrogens with one attached hydrogen (secondary N) is 3. The largest absolute Gasteiger partial charge is 0.480 e. The highest BCUT2D eigenvalue weighted by Gasteiger charge is 2.30. The number of aliphatic carboxylic acids is 1. The van der Waals surface area contributed by atoms with Gasteiger partial charge in [-0.1, -0.05) is 30.3 Å². The van der Waals surface area contributed by atoms with Crippen LogP contribution in [0.4, 0.5) is 0 Å². The first kappa shape index (κ1) is 32.0. The number of rotatable bonds is 18. The summed E-state index contributed by atoms with van der Waals surface area (Å²) in [6, 6.07) is 3.55. The van der Waals surface area contributed by atoms with Crippen LogP contribution in [0.1, 0.15) is 44.1 Å². The molecule has 1 aromatic carbocycles. The predicted molar refractivity (Wildman–Crippen MR) is 137 cm³/mol. The zero-order chi connectivity index (χ0) is 28.7. The molecule has 38 heavy (non-hydrogen) atoms. The molecule has 0 fully saturated rings. The Morgan fingerprint density at radius 2 is 1.34 bits per heavy atom. The van der Waals surface area contributed by atoms with Gasteiger partial charge in [-0.25, -0.2) is 4.79 Å². The fourth-order valence-electron chi connectivity index (χ4n) is 3.50. The first-order chi connectivity index (χ1) is 17.9. The van der Waals surface area contributed by atoms with Crippen LogP contribution in [-0.4, -0.2) is 71.3 Å². The molecule has 0 spiro atoms. The van der Waals surface area contributed by atoms with E-state index < -0.39 is 66.1 Å². The number of carboxylic acid groups (broad SMARTS) is 1. The van der Waals surface area contributed by atoms with Crippen molar-refractivity contribution < 1.29 is 33.9 Å². The van der Waals surface area contributed by atoms with Crippen LogP contribution in [0, 0.1) is 0 Å². The lowest BCUT2D eigenvalue weighted by molar-refractivity contribution is -0.142. The van der Waals surface area contributed by atoms with E-state index in [0.717, 1.165) is 0 Å². The molecule has 0 aromatic heterocycles. The zero-order valence-electron chi connectivity index (χ0n) is 21.1. The van der Waals surface area contributed by atoms with Crippen LogP contribution < -0.4 is 38.9 Å². The molecule has 12 N–H and O–H groups in total. The van der Waals surface area contributed by atoms with E-state index in [0.29, 0.717) is 24.9 Å². The van der Waals surface area contributed by atoms with Gasteiger partial charge in [0.1, 0.15) is 18.1 Å². The van der Waals surface area contributed by atoms with Gasteiger partial charge in [-0.2, -0.15) is 0 Å². The van der Waals surface area contributed by atoms with Crippen molar-refractivity contribution in [1.82, 2.24) is 16.0 Å². The first-order valence-electron chi connectivity index (χ1n) is 12.1. The molecule has 0 radical (unpaired) electrons. The molecule has 4 atom stereocenters. The summed E-state index contributed by atoms with van der Waals surface area (Å²) in [5.41, 5.74) is 22.0. The molecular weight excluding hydrogens is 498 g/mol. The van der Waals surface area contributed by atoms with Crippen LogP contribution >= 0.6 is 0 Å². The topological polar surface area (TPSA) is 263 Å². The van der Waals surface area contributed by atoms with Crippen LogP contribution in [0.25, 0.3) is 0 Å². The number of primary amides is 2. The third kappa shape index (κ3) is 12.3. The molecule has 5 amide bonds. The standard InChI is InChI=1S/C24H37N7O7/c25-11-5-4-8-17(24(37)38)30-23(36)18(12-14-6-2-1-3-7-14)31-22(35)16(9-10-19(27)32)29-21(34)15(26)13-20(28)33/h1-3,6-7,15-18H,4-5,8-13,25-26H2,(H2,27,32)(H2,28,33)(H,29,34)(H,30,36)(H,31,35)(H,37,38). The van der Waals surface area contributed by atoms with Crippen molar-refractivity contribution in [3.05, 3.63) is 35.9 Å². The average molecular weight is 536 g/mol. The monoisotopic (exact) mass is 535 g/mol. The predicted octanol–water partition coefficient (Wildman–Crippen LogP) is -2.63. The Kier molecular flexibility index (Phi) is 14.0. The van der Waals surface area contributed by atoms with Crippen molar-refractivity contribution in [3.8, 4) is 0 Å². The molecule has 14 nitrogen and oxygen atoms in total. The molecule has 0 aliphatic rings. The lowest BCUT2D eigenvalue weighted by atomic mass is 10.0. The highest BCUT2D eigenvalue weighted by Crippen LogP contribution is 2.08. The van der Waals surface area contributed by atoms with Gasteiger partial charge in [-0.3, -0.25) is 24.0 Å². The number of carbonyl (C=O) groups is 6. The number of unbranched alkanes of at least 4 members (excludes halogenated alkanes) is 1.